The van der Waals surface area contributed by atoms with E-state index in [1.807, 2.05) is 32.0 Å². The van der Waals surface area contributed by atoms with Crippen LogP contribution in [0.1, 0.15) is 37.0 Å². The predicted octanol–water partition coefficient (Wildman–Crippen LogP) is 5.48. The molecule has 0 aliphatic carbocycles. The molecule has 4 nitrogen and oxygen atoms in total. The largest absolute Gasteiger partial charge is 0.416 e. The second-order valence-electron chi connectivity index (χ2n) is 7.22. The summed E-state index contributed by atoms with van der Waals surface area (Å²) < 4.78 is 38.9. The maximum absolute atomic E-state index is 13.0. The van der Waals surface area contributed by atoms with E-state index >= 15 is 0 Å². The molecule has 0 spiro atoms. The number of amides is 2. The van der Waals surface area contributed by atoms with E-state index in [-0.39, 0.29) is 29.6 Å². The Labute approximate surface area is 178 Å². The summed E-state index contributed by atoms with van der Waals surface area (Å²) >= 11 is 5.97. The van der Waals surface area contributed by atoms with Gasteiger partial charge in [0.05, 0.1) is 22.2 Å². The van der Waals surface area contributed by atoms with Crippen molar-refractivity contribution in [2.24, 2.45) is 5.92 Å². The van der Waals surface area contributed by atoms with Crippen molar-refractivity contribution in [1.29, 1.82) is 0 Å². The van der Waals surface area contributed by atoms with Gasteiger partial charge < -0.3 is 10.2 Å². The van der Waals surface area contributed by atoms with Gasteiger partial charge in [-0.1, -0.05) is 43.6 Å². The van der Waals surface area contributed by atoms with Crippen LogP contribution in [0.25, 0.3) is 0 Å². The smallest absolute Gasteiger partial charge is 0.324 e. The lowest BCUT2D eigenvalue weighted by atomic mass is 10.0. The highest BCUT2D eigenvalue weighted by Crippen LogP contribution is 2.35. The quantitative estimate of drug-likeness (QED) is 0.672. The molecule has 0 unspecified atom stereocenters. The number of carbonyl (C=O) groups excluding carboxylic acids is 2. The first-order valence-corrected chi connectivity index (χ1v) is 10.1. The zero-order valence-corrected chi connectivity index (χ0v) is 17.4. The van der Waals surface area contributed by atoms with Crippen LogP contribution >= 0.6 is 11.6 Å². The number of anilines is 2. The first kappa shape index (κ1) is 22.2. The molecule has 2 amide bonds. The SMILES string of the molecule is CCc1cccc(CC)c1N1C[C@@H](C(=O)Nc2cc(C(F)(F)F)ccc2Cl)CC1=O. The number of nitrogens with zero attached hydrogens (tertiary/aromatic N) is 1. The third kappa shape index (κ3) is 4.46. The van der Waals surface area contributed by atoms with Crippen LogP contribution < -0.4 is 10.2 Å². The topological polar surface area (TPSA) is 49.4 Å². The lowest BCUT2D eigenvalue weighted by Crippen LogP contribution is -2.29. The number of benzene rings is 2. The molecule has 1 fully saturated rings. The Morgan fingerprint density at radius 1 is 1.17 bits per heavy atom. The highest BCUT2D eigenvalue weighted by atomic mass is 35.5. The number of alkyl halides is 3. The number of para-hydroxylation sites is 1. The van der Waals surface area contributed by atoms with Crippen LogP contribution in [0.2, 0.25) is 5.02 Å². The molecule has 1 heterocycles. The van der Waals surface area contributed by atoms with Gasteiger partial charge in [0.2, 0.25) is 11.8 Å². The van der Waals surface area contributed by atoms with Gasteiger partial charge in [-0.15, -0.1) is 0 Å². The third-order valence-electron chi connectivity index (χ3n) is 5.28. The average molecular weight is 439 g/mol. The van der Waals surface area contributed by atoms with Gasteiger partial charge in [-0.3, -0.25) is 9.59 Å². The van der Waals surface area contributed by atoms with E-state index in [0.717, 1.165) is 47.9 Å². The molecule has 160 valence electrons. The highest BCUT2D eigenvalue weighted by Gasteiger charge is 2.37. The standard InChI is InChI=1S/C22H22ClF3N2O2/c1-3-13-6-5-7-14(4-2)20(13)28-12-15(10-19(28)29)21(30)27-18-11-16(22(24,25)26)8-9-17(18)23/h5-9,11,15H,3-4,10,12H2,1-2H3,(H,27,30)/t15-/m0/s1. The molecule has 1 atom stereocenters. The summed E-state index contributed by atoms with van der Waals surface area (Å²) in [5.74, 6) is -1.39. The summed E-state index contributed by atoms with van der Waals surface area (Å²) in [4.78, 5) is 27.1. The van der Waals surface area contributed by atoms with Crippen LogP contribution in [0.4, 0.5) is 24.5 Å². The zero-order chi connectivity index (χ0) is 22.1. The number of rotatable bonds is 5. The molecule has 0 radical (unpaired) electrons. The van der Waals surface area contributed by atoms with Gasteiger partial charge in [-0.05, 0) is 42.2 Å². The van der Waals surface area contributed by atoms with Gasteiger partial charge in [-0.25, -0.2) is 0 Å². The zero-order valence-electron chi connectivity index (χ0n) is 16.6. The average Bonchev–Trinajstić information content (AvgIpc) is 3.09. The summed E-state index contributed by atoms with van der Waals surface area (Å²) in [6, 6.07) is 8.61. The van der Waals surface area contributed by atoms with E-state index in [1.54, 1.807) is 4.90 Å². The minimum Gasteiger partial charge on any atom is -0.324 e. The molecule has 1 N–H and O–H groups in total. The molecule has 1 aliphatic heterocycles. The van der Waals surface area contributed by atoms with E-state index in [1.165, 1.54) is 0 Å². The van der Waals surface area contributed by atoms with Gasteiger partial charge in [0.25, 0.3) is 0 Å². The minimum atomic E-state index is -4.55. The Morgan fingerprint density at radius 3 is 2.37 bits per heavy atom. The molecular weight excluding hydrogens is 417 g/mol. The van der Waals surface area contributed by atoms with Crippen LogP contribution in [0, 0.1) is 5.92 Å². The molecular formula is C22H22ClF3N2O2. The fraction of sp³-hybridized carbons (Fsp3) is 0.364. The fourth-order valence-electron chi connectivity index (χ4n) is 3.69. The van der Waals surface area contributed by atoms with Crippen molar-refractivity contribution in [3.8, 4) is 0 Å². The molecule has 2 aromatic rings. The fourth-order valence-corrected chi connectivity index (χ4v) is 3.86. The van der Waals surface area contributed by atoms with Crippen molar-refractivity contribution in [2.45, 2.75) is 39.3 Å². The first-order valence-electron chi connectivity index (χ1n) is 9.74. The third-order valence-corrected chi connectivity index (χ3v) is 5.61. The summed E-state index contributed by atoms with van der Waals surface area (Å²) in [7, 11) is 0. The van der Waals surface area contributed by atoms with Crippen molar-refractivity contribution in [3.05, 3.63) is 58.1 Å². The molecule has 8 heteroatoms. The van der Waals surface area contributed by atoms with Crippen molar-refractivity contribution < 1.29 is 22.8 Å². The molecule has 0 bridgehead atoms. The van der Waals surface area contributed by atoms with Crippen LogP contribution in [0.3, 0.4) is 0 Å². The first-order chi connectivity index (χ1) is 14.2. The van der Waals surface area contributed by atoms with E-state index in [2.05, 4.69) is 5.32 Å². The van der Waals surface area contributed by atoms with E-state index in [9.17, 15) is 22.8 Å². The van der Waals surface area contributed by atoms with Crippen molar-refractivity contribution in [1.82, 2.24) is 0 Å². The molecule has 0 saturated carbocycles. The summed E-state index contributed by atoms with van der Waals surface area (Å²) in [5.41, 5.74) is 1.84. The molecule has 30 heavy (non-hydrogen) atoms. The molecule has 1 saturated heterocycles. The van der Waals surface area contributed by atoms with E-state index in [0.29, 0.717) is 0 Å². The van der Waals surface area contributed by atoms with Gasteiger partial charge >= 0.3 is 6.18 Å². The minimum absolute atomic E-state index is 0.00197. The van der Waals surface area contributed by atoms with Crippen LogP contribution in [-0.4, -0.2) is 18.4 Å². The molecule has 0 aromatic heterocycles. The Hall–Kier alpha value is -2.54. The normalized spacial score (nSPS) is 16.8. The number of aryl methyl sites for hydroxylation is 2. The number of hydrogen-bond donors (Lipinski definition) is 1. The maximum atomic E-state index is 13.0. The number of halogens is 4. The maximum Gasteiger partial charge on any atom is 0.416 e. The van der Waals surface area contributed by atoms with Crippen molar-refractivity contribution in [2.75, 3.05) is 16.8 Å². The highest BCUT2D eigenvalue weighted by molar-refractivity contribution is 6.33. The van der Waals surface area contributed by atoms with Gasteiger partial charge in [0.1, 0.15) is 0 Å². The second kappa shape index (κ2) is 8.68. The van der Waals surface area contributed by atoms with Gasteiger partial charge in [0, 0.05) is 18.7 Å². The van der Waals surface area contributed by atoms with Crippen molar-refractivity contribution in [3.63, 3.8) is 0 Å². The lowest BCUT2D eigenvalue weighted by Gasteiger charge is -2.23. The molecule has 3 rings (SSSR count). The Balaban J connectivity index is 1.82. The lowest BCUT2D eigenvalue weighted by molar-refractivity contribution is -0.137. The Morgan fingerprint density at radius 2 is 1.80 bits per heavy atom. The number of carbonyl (C=O) groups is 2. The second-order valence-corrected chi connectivity index (χ2v) is 7.63. The van der Waals surface area contributed by atoms with Gasteiger partial charge in [-0.2, -0.15) is 13.2 Å². The van der Waals surface area contributed by atoms with E-state index < -0.39 is 23.6 Å². The summed E-state index contributed by atoms with van der Waals surface area (Å²) in [5, 5.41) is 2.47. The van der Waals surface area contributed by atoms with Crippen molar-refractivity contribution >= 4 is 34.8 Å². The summed E-state index contributed by atoms with van der Waals surface area (Å²) in [6.07, 6.45) is -3.08. The van der Waals surface area contributed by atoms with Crippen LogP contribution in [-0.2, 0) is 28.6 Å². The van der Waals surface area contributed by atoms with E-state index in [4.69, 9.17) is 11.6 Å². The summed E-state index contributed by atoms with van der Waals surface area (Å²) in [6.45, 7) is 4.17. The molecule has 1 aliphatic rings. The molecule has 2 aromatic carbocycles. The van der Waals surface area contributed by atoms with Crippen LogP contribution in [0.15, 0.2) is 36.4 Å². The predicted molar refractivity (Wildman–Crippen MR) is 111 cm³/mol. The van der Waals surface area contributed by atoms with Crippen LogP contribution in [0.5, 0.6) is 0 Å². The number of nitrogens with one attached hydrogen (secondary N) is 1. The Bertz CT molecular complexity index is 953. The monoisotopic (exact) mass is 438 g/mol. The number of hydrogen-bond acceptors (Lipinski definition) is 2. The van der Waals surface area contributed by atoms with Gasteiger partial charge in [0.15, 0.2) is 0 Å². The Kier molecular flexibility index (Phi) is 6.41.